The maximum absolute atomic E-state index is 11.8. The van der Waals surface area contributed by atoms with Crippen molar-refractivity contribution in [3.63, 3.8) is 0 Å². The van der Waals surface area contributed by atoms with Crippen molar-refractivity contribution < 1.29 is 9.53 Å². The second-order valence-electron chi connectivity index (χ2n) is 6.07. The van der Waals surface area contributed by atoms with Gasteiger partial charge in [-0.2, -0.15) is 15.5 Å². The molecule has 0 fully saturated rings. The number of carbonyl (C=O) groups is 1. The minimum Gasteiger partial charge on any atom is -0.427 e. The molecular formula is C16H17N3O2. The summed E-state index contributed by atoms with van der Waals surface area (Å²) < 4.78 is 5.29. The van der Waals surface area contributed by atoms with Crippen molar-refractivity contribution >= 4 is 11.7 Å². The molecule has 2 rings (SSSR count). The summed E-state index contributed by atoms with van der Waals surface area (Å²) in [5.41, 5.74) is 1.83. The number of hydrogen-bond acceptors (Lipinski definition) is 5. The number of azo groups is 1. The zero-order valence-corrected chi connectivity index (χ0v) is 12.4. The van der Waals surface area contributed by atoms with E-state index >= 15 is 0 Å². The number of hydrogen-bond donors (Lipinski definition) is 0. The quantitative estimate of drug-likeness (QED) is 0.626. The van der Waals surface area contributed by atoms with Crippen molar-refractivity contribution in [2.75, 3.05) is 6.54 Å². The number of carbonyl (C=O) groups excluding carboxylic acids is 1. The maximum Gasteiger partial charge on any atom is 0.311 e. The van der Waals surface area contributed by atoms with Crippen LogP contribution in [0, 0.1) is 16.7 Å². The average Bonchev–Trinajstić information content (AvgIpc) is 2.85. The Balaban J connectivity index is 2.08. The first-order chi connectivity index (χ1) is 9.89. The van der Waals surface area contributed by atoms with Crippen LogP contribution >= 0.6 is 0 Å². The Hall–Kier alpha value is -2.48. The molecule has 1 aliphatic rings. The molecular weight excluding hydrogens is 266 g/mol. The van der Waals surface area contributed by atoms with Crippen LogP contribution in [-0.2, 0) is 4.79 Å². The van der Waals surface area contributed by atoms with Crippen molar-refractivity contribution in [1.29, 1.82) is 5.26 Å². The van der Waals surface area contributed by atoms with Gasteiger partial charge in [0.25, 0.3) is 0 Å². The topological polar surface area (TPSA) is 74.8 Å². The maximum atomic E-state index is 11.8. The molecule has 0 atom stereocenters. The molecule has 5 nitrogen and oxygen atoms in total. The Morgan fingerprint density at radius 1 is 1.33 bits per heavy atom. The fraction of sp³-hybridized carbons (Fsp3) is 0.375. The van der Waals surface area contributed by atoms with Crippen LogP contribution in [0.25, 0.3) is 5.70 Å². The SMILES string of the molecule is CC(C)(C)CC(=O)Oc1ccc(C2=C(C#N)CN=N2)cc1. The van der Waals surface area contributed by atoms with Gasteiger partial charge in [0, 0.05) is 5.56 Å². The third kappa shape index (κ3) is 3.99. The van der Waals surface area contributed by atoms with Crippen LogP contribution in [0.15, 0.2) is 40.1 Å². The highest BCUT2D eigenvalue weighted by molar-refractivity contribution is 5.75. The molecule has 0 saturated heterocycles. The van der Waals surface area contributed by atoms with E-state index in [0.29, 0.717) is 30.0 Å². The molecule has 1 aromatic carbocycles. The van der Waals surface area contributed by atoms with E-state index in [1.54, 1.807) is 24.3 Å². The molecule has 0 aliphatic carbocycles. The summed E-state index contributed by atoms with van der Waals surface area (Å²) in [4.78, 5) is 11.8. The van der Waals surface area contributed by atoms with Gasteiger partial charge in [0.1, 0.15) is 11.4 Å². The van der Waals surface area contributed by atoms with Crippen LogP contribution in [0.3, 0.4) is 0 Å². The van der Waals surface area contributed by atoms with E-state index in [9.17, 15) is 4.79 Å². The summed E-state index contributed by atoms with van der Waals surface area (Å²) in [6.07, 6.45) is 0.354. The van der Waals surface area contributed by atoms with Gasteiger partial charge in [-0.25, -0.2) is 0 Å². The van der Waals surface area contributed by atoms with Crippen LogP contribution in [0.2, 0.25) is 0 Å². The van der Waals surface area contributed by atoms with Gasteiger partial charge in [-0.05, 0) is 29.7 Å². The predicted molar refractivity (Wildman–Crippen MR) is 78.4 cm³/mol. The Morgan fingerprint density at radius 2 is 2.00 bits per heavy atom. The molecule has 0 bridgehead atoms. The van der Waals surface area contributed by atoms with E-state index in [2.05, 4.69) is 16.3 Å². The number of esters is 1. The molecule has 1 aliphatic heterocycles. The first kappa shape index (κ1) is 14.9. The fourth-order valence-corrected chi connectivity index (χ4v) is 1.91. The van der Waals surface area contributed by atoms with Crippen LogP contribution in [0.4, 0.5) is 0 Å². The monoisotopic (exact) mass is 283 g/mol. The van der Waals surface area contributed by atoms with Gasteiger partial charge in [0.2, 0.25) is 0 Å². The van der Waals surface area contributed by atoms with Crippen molar-refractivity contribution in [3.05, 3.63) is 35.4 Å². The lowest BCUT2D eigenvalue weighted by molar-refractivity contribution is -0.136. The largest absolute Gasteiger partial charge is 0.427 e. The standard InChI is InChI=1S/C16H17N3O2/c1-16(2,3)8-14(20)21-13-6-4-11(5-7-13)15-12(9-17)10-18-19-15/h4-7H,8,10H2,1-3H3. The number of rotatable bonds is 3. The van der Waals surface area contributed by atoms with E-state index in [0.717, 1.165) is 5.56 Å². The highest BCUT2D eigenvalue weighted by Gasteiger charge is 2.18. The second kappa shape index (κ2) is 5.88. The van der Waals surface area contributed by atoms with Crippen LogP contribution in [-0.4, -0.2) is 12.5 Å². The van der Waals surface area contributed by atoms with Gasteiger partial charge in [-0.3, -0.25) is 4.79 Å². The minimum absolute atomic E-state index is 0.103. The van der Waals surface area contributed by atoms with Gasteiger partial charge >= 0.3 is 5.97 Å². The molecule has 0 spiro atoms. The Morgan fingerprint density at radius 3 is 2.57 bits per heavy atom. The lowest BCUT2D eigenvalue weighted by atomic mass is 9.92. The fourth-order valence-electron chi connectivity index (χ4n) is 1.91. The summed E-state index contributed by atoms with van der Waals surface area (Å²) in [5.74, 6) is 0.231. The van der Waals surface area contributed by atoms with Crippen molar-refractivity contribution in [2.45, 2.75) is 27.2 Å². The van der Waals surface area contributed by atoms with E-state index in [4.69, 9.17) is 10.00 Å². The van der Waals surface area contributed by atoms with Crippen LogP contribution < -0.4 is 4.74 Å². The molecule has 0 N–H and O–H groups in total. The normalized spacial score (nSPS) is 14.2. The Bertz CT molecular complexity index is 644. The lowest BCUT2D eigenvalue weighted by Gasteiger charge is -2.16. The van der Waals surface area contributed by atoms with E-state index in [-0.39, 0.29) is 11.4 Å². The molecule has 0 saturated carbocycles. The second-order valence-corrected chi connectivity index (χ2v) is 6.07. The van der Waals surface area contributed by atoms with E-state index in [1.807, 2.05) is 20.8 Å². The first-order valence-corrected chi connectivity index (χ1v) is 6.71. The molecule has 21 heavy (non-hydrogen) atoms. The summed E-state index contributed by atoms with van der Waals surface area (Å²) >= 11 is 0. The predicted octanol–water partition coefficient (Wildman–Crippen LogP) is 3.73. The van der Waals surface area contributed by atoms with Gasteiger partial charge in [-0.15, -0.1) is 0 Å². The third-order valence-electron chi connectivity index (χ3n) is 2.85. The molecule has 108 valence electrons. The Kier molecular flexibility index (Phi) is 4.18. The van der Waals surface area contributed by atoms with Gasteiger partial charge in [-0.1, -0.05) is 20.8 Å². The highest BCUT2D eigenvalue weighted by atomic mass is 16.5. The van der Waals surface area contributed by atoms with Gasteiger partial charge < -0.3 is 4.74 Å². The summed E-state index contributed by atoms with van der Waals surface area (Å²) in [6.45, 7) is 6.28. The number of benzene rings is 1. The summed E-state index contributed by atoms with van der Waals surface area (Å²) in [7, 11) is 0. The average molecular weight is 283 g/mol. The zero-order valence-electron chi connectivity index (χ0n) is 12.4. The molecule has 0 unspecified atom stereocenters. The number of ether oxygens (including phenoxy) is 1. The Labute approximate surface area is 123 Å². The number of nitrogens with zero attached hydrogens (tertiary/aromatic N) is 3. The van der Waals surface area contributed by atoms with Gasteiger partial charge in [0.05, 0.1) is 24.6 Å². The first-order valence-electron chi connectivity index (χ1n) is 6.71. The van der Waals surface area contributed by atoms with E-state index in [1.165, 1.54) is 0 Å². The minimum atomic E-state index is -0.257. The van der Waals surface area contributed by atoms with Crippen molar-refractivity contribution in [2.24, 2.45) is 15.6 Å². The van der Waals surface area contributed by atoms with Crippen molar-refractivity contribution in [1.82, 2.24) is 0 Å². The molecule has 1 heterocycles. The van der Waals surface area contributed by atoms with Crippen LogP contribution in [0.5, 0.6) is 5.75 Å². The highest BCUT2D eigenvalue weighted by Crippen LogP contribution is 2.27. The van der Waals surface area contributed by atoms with Crippen LogP contribution in [0.1, 0.15) is 32.8 Å². The molecule has 0 amide bonds. The van der Waals surface area contributed by atoms with E-state index < -0.39 is 0 Å². The lowest BCUT2D eigenvalue weighted by Crippen LogP contribution is -2.17. The summed E-state index contributed by atoms with van der Waals surface area (Å²) in [5, 5.41) is 16.8. The zero-order chi connectivity index (χ0) is 15.5. The molecule has 0 radical (unpaired) electrons. The van der Waals surface area contributed by atoms with Crippen molar-refractivity contribution in [3.8, 4) is 11.8 Å². The molecule has 1 aromatic rings. The number of nitriles is 1. The molecule has 5 heteroatoms. The van der Waals surface area contributed by atoms with Gasteiger partial charge in [0.15, 0.2) is 0 Å². The summed E-state index contributed by atoms with van der Waals surface area (Å²) in [6, 6.07) is 9.04. The third-order valence-corrected chi connectivity index (χ3v) is 2.85. The molecule has 0 aromatic heterocycles. The smallest absolute Gasteiger partial charge is 0.311 e.